The van der Waals surface area contributed by atoms with E-state index < -0.39 is 0 Å². The summed E-state index contributed by atoms with van der Waals surface area (Å²) in [7, 11) is 0. The molecule has 4 heteroatoms. The highest BCUT2D eigenvalue weighted by molar-refractivity contribution is 7.09. The molecule has 96 valence electrons. The summed E-state index contributed by atoms with van der Waals surface area (Å²) in [5.74, 6) is -0.369. The summed E-state index contributed by atoms with van der Waals surface area (Å²) >= 11 is 7.57. The number of benzene rings is 1. The van der Waals surface area contributed by atoms with E-state index in [9.17, 15) is 4.39 Å². The van der Waals surface area contributed by atoms with Crippen LogP contribution in [-0.4, -0.2) is 6.54 Å². The fourth-order valence-electron chi connectivity index (χ4n) is 1.91. The summed E-state index contributed by atoms with van der Waals surface area (Å²) in [6.45, 7) is 2.93. The lowest BCUT2D eigenvalue weighted by Crippen LogP contribution is -2.22. The van der Waals surface area contributed by atoms with Gasteiger partial charge in [0.15, 0.2) is 0 Å². The molecule has 0 bridgehead atoms. The van der Waals surface area contributed by atoms with E-state index in [0.29, 0.717) is 0 Å². The highest BCUT2D eigenvalue weighted by Crippen LogP contribution is 2.25. The quantitative estimate of drug-likeness (QED) is 0.856. The van der Waals surface area contributed by atoms with Crippen LogP contribution < -0.4 is 5.32 Å². The Hall–Kier alpha value is -0.900. The van der Waals surface area contributed by atoms with E-state index in [-0.39, 0.29) is 16.9 Å². The normalized spacial score (nSPS) is 12.6. The van der Waals surface area contributed by atoms with E-state index in [1.807, 2.05) is 6.07 Å². The Balaban J connectivity index is 2.20. The lowest BCUT2D eigenvalue weighted by atomic mass is 10.0. The number of thiophene rings is 1. The van der Waals surface area contributed by atoms with Gasteiger partial charge >= 0.3 is 0 Å². The van der Waals surface area contributed by atoms with E-state index in [2.05, 4.69) is 23.7 Å². The molecule has 0 aliphatic carbocycles. The topological polar surface area (TPSA) is 12.0 Å². The highest BCUT2D eigenvalue weighted by Gasteiger charge is 2.13. The highest BCUT2D eigenvalue weighted by atomic mass is 35.5. The van der Waals surface area contributed by atoms with Crippen LogP contribution in [-0.2, 0) is 6.42 Å². The van der Waals surface area contributed by atoms with Crippen molar-refractivity contribution in [2.24, 2.45) is 0 Å². The minimum atomic E-state index is -0.369. The second kappa shape index (κ2) is 6.32. The Morgan fingerprint density at radius 3 is 2.83 bits per heavy atom. The van der Waals surface area contributed by atoms with Crippen molar-refractivity contribution in [2.75, 3.05) is 6.54 Å². The average Bonchev–Trinajstić information content (AvgIpc) is 2.85. The van der Waals surface area contributed by atoms with Crippen LogP contribution in [0.15, 0.2) is 35.7 Å². The Bertz CT molecular complexity index is 499. The van der Waals surface area contributed by atoms with Crippen molar-refractivity contribution >= 4 is 22.9 Å². The van der Waals surface area contributed by atoms with Crippen LogP contribution in [0.1, 0.15) is 23.4 Å². The van der Waals surface area contributed by atoms with Gasteiger partial charge in [-0.05, 0) is 35.7 Å². The van der Waals surface area contributed by atoms with Gasteiger partial charge in [-0.2, -0.15) is 0 Å². The van der Waals surface area contributed by atoms with Crippen LogP contribution >= 0.6 is 22.9 Å². The first-order chi connectivity index (χ1) is 8.70. The van der Waals surface area contributed by atoms with Crippen molar-refractivity contribution in [3.63, 3.8) is 0 Å². The van der Waals surface area contributed by atoms with E-state index in [1.54, 1.807) is 23.5 Å². The first-order valence-electron chi connectivity index (χ1n) is 5.91. The van der Waals surface area contributed by atoms with Crippen molar-refractivity contribution in [3.05, 3.63) is 57.0 Å². The SMILES string of the molecule is CCNC(Cc1cccs1)c1ccc(F)c(Cl)c1. The number of rotatable bonds is 5. The van der Waals surface area contributed by atoms with E-state index in [0.717, 1.165) is 18.5 Å². The summed E-state index contributed by atoms with van der Waals surface area (Å²) < 4.78 is 13.2. The van der Waals surface area contributed by atoms with Gasteiger partial charge < -0.3 is 5.32 Å². The summed E-state index contributed by atoms with van der Waals surface area (Å²) in [6.07, 6.45) is 0.896. The molecule has 0 spiro atoms. The van der Waals surface area contributed by atoms with Crippen LogP contribution in [0.25, 0.3) is 0 Å². The summed E-state index contributed by atoms with van der Waals surface area (Å²) in [5, 5.41) is 5.66. The summed E-state index contributed by atoms with van der Waals surface area (Å²) in [4.78, 5) is 1.31. The van der Waals surface area contributed by atoms with Crippen LogP contribution in [0, 0.1) is 5.82 Å². The minimum absolute atomic E-state index is 0.173. The number of nitrogens with one attached hydrogen (secondary N) is 1. The van der Waals surface area contributed by atoms with Gasteiger partial charge in [-0.15, -0.1) is 11.3 Å². The fourth-order valence-corrected chi connectivity index (χ4v) is 2.85. The van der Waals surface area contributed by atoms with Crippen LogP contribution in [0.5, 0.6) is 0 Å². The number of likely N-dealkylation sites (N-methyl/N-ethyl adjacent to an activating group) is 1. The molecule has 1 unspecified atom stereocenters. The van der Waals surface area contributed by atoms with E-state index in [4.69, 9.17) is 11.6 Å². The van der Waals surface area contributed by atoms with E-state index in [1.165, 1.54) is 10.9 Å². The van der Waals surface area contributed by atoms with Gasteiger partial charge in [-0.1, -0.05) is 30.7 Å². The molecule has 0 aliphatic heterocycles. The minimum Gasteiger partial charge on any atom is -0.310 e. The Morgan fingerprint density at radius 2 is 2.22 bits per heavy atom. The lowest BCUT2D eigenvalue weighted by molar-refractivity contribution is 0.551. The molecule has 0 radical (unpaired) electrons. The molecule has 1 nitrogen and oxygen atoms in total. The first kappa shape index (κ1) is 13.5. The van der Waals surface area contributed by atoms with E-state index >= 15 is 0 Å². The first-order valence-corrected chi connectivity index (χ1v) is 7.17. The second-order valence-corrected chi connectivity index (χ2v) is 5.51. The molecule has 0 aliphatic rings. The van der Waals surface area contributed by atoms with Gasteiger partial charge in [0.1, 0.15) is 5.82 Å². The largest absolute Gasteiger partial charge is 0.310 e. The molecule has 1 heterocycles. The van der Waals surface area contributed by atoms with Gasteiger partial charge in [-0.3, -0.25) is 0 Å². The second-order valence-electron chi connectivity index (χ2n) is 4.07. The molecule has 0 amide bonds. The third-order valence-electron chi connectivity index (χ3n) is 2.78. The molecule has 2 rings (SSSR count). The molecule has 0 saturated carbocycles. The van der Waals surface area contributed by atoms with Crippen molar-refractivity contribution in [3.8, 4) is 0 Å². The molecular weight excluding hydrogens is 269 g/mol. The molecule has 0 saturated heterocycles. The smallest absolute Gasteiger partial charge is 0.141 e. The molecule has 1 N–H and O–H groups in total. The third-order valence-corrected chi connectivity index (χ3v) is 3.97. The Labute approximate surface area is 116 Å². The zero-order valence-electron chi connectivity index (χ0n) is 10.1. The van der Waals surface area contributed by atoms with Crippen molar-refractivity contribution in [1.29, 1.82) is 0 Å². The Morgan fingerprint density at radius 1 is 1.39 bits per heavy atom. The van der Waals surface area contributed by atoms with Gasteiger partial charge in [0.25, 0.3) is 0 Å². The number of hydrogen-bond acceptors (Lipinski definition) is 2. The zero-order valence-corrected chi connectivity index (χ0v) is 11.7. The molecule has 2 aromatic rings. The average molecular weight is 284 g/mol. The van der Waals surface area contributed by atoms with Crippen LogP contribution in [0.3, 0.4) is 0 Å². The van der Waals surface area contributed by atoms with Gasteiger partial charge in [-0.25, -0.2) is 4.39 Å². The summed E-state index contributed by atoms with van der Waals surface area (Å²) in [6, 6.07) is 9.25. The van der Waals surface area contributed by atoms with Gasteiger partial charge in [0.2, 0.25) is 0 Å². The Kier molecular flexibility index (Phi) is 4.75. The van der Waals surface area contributed by atoms with Crippen LogP contribution in [0.4, 0.5) is 4.39 Å². The standard InChI is InChI=1S/C14H15ClFNS/c1-2-17-14(9-11-4-3-7-18-11)10-5-6-13(16)12(15)8-10/h3-8,14,17H,2,9H2,1H3. The third kappa shape index (κ3) is 3.31. The lowest BCUT2D eigenvalue weighted by Gasteiger charge is -2.18. The summed E-state index contributed by atoms with van der Waals surface area (Å²) in [5.41, 5.74) is 1.02. The number of hydrogen-bond donors (Lipinski definition) is 1. The van der Waals surface area contributed by atoms with Gasteiger partial charge in [0.05, 0.1) is 5.02 Å². The maximum absolute atomic E-state index is 13.2. The fraction of sp³-hybridized carbons (Fsp3) is 0.286. The number of halogens is 2. The molecular formula is C14H15ClFNS. The van der Waals surface area contributed by atoms with Crippen LogP contribution in [0.2, 0.25) is 5.02 Å². The van der Waals surface area contributed by atoms with Crippen molar-refractivity contribution in [2.45, 2.75) is 19.4 Å². The molecule has 18 heavy (non-hydrogen) atoms. The molecule has 1 aromatic heterocycles. The van der Waals surface area contributed by atoms with Gasteiger partial charge in [0, 0.05) is 17.3 Å². The maximum atomic E-state index is 13.2. The molecule has 0 fully saturated rings. The molecule has 1 aromatic carbocycles. The predicted molar refractivity (Wildman–Crippen MR) is 75.9 cm³/mol. The zero-order chi connectivity index (χ0) is 13.0. The molecule has 1 atom stereocenters. The van der Waals surface area contributed by atoms with Crippen molar-refractivity contribution in [1.82, 2.24) is 5.32 Å². The predicted octanol–water partition coefficient (Wildman–Crippen LogP) is 4.43. The monoisotopic (exact) mass is 283 g/mol. The maximum Gasteiger partial charge on any atom is 0.141 e. The van der Waals surface area contributed by atoms with Crippen molar-refractivity contribution < 1.29 is 4.39 Å².